The lowest BCUT2D eigenvalue weighted by Crippen LogP contribution is -2.61. The Balaban J connectivity index is 2.62. The third-order valence-corrected chi connectivity index (χ3v) is 14.7. The Labute approximate surface area is 494 Å². The van der Waals surface area contributed by atoms with Crippen LogP contribution in [-0.2, 0) is 23.8 Å². The zero-order valence-electron chi connectivity index (χ0n) is 51.4. The molecule has 0 saturated carbocycles. The molecule has 1 fully saturated rings. The fourth-order valence-electron chi connectivity index (χ4n) is 9.62. The van der Waals surface area contributed by atoms with Gasteiger partial charge in [0.2, 0.25) is 5.91 Å². The fraction of sp³-hybridized carbons (Fsp3) is 0.714. The molecule has 81 heavy (non-hydrogen) atoms. The fourth-order valence-corrected chi connectivity index (χ4v) is 9.62. The zero-order chi connectivity index (χ0) is 58.9. The van der Waals surface area contributed by atoms with E-state index in [0.717, 1.165) is 128 Å². The molecule has 0 radical (unpaired) electrons. The molecule has 0 aromatic rings. The SMILES string of the molecule is CC/C=C\C/C=C\C/C=C\C/C=C\C/C=C\CCCCCCCCCCCC(=O)OC1C(OCC(NC(=O)C(O)CCCCCCCC/C=C/C=C/C=C/CC)C(O)/C=C/CCCCCCCCCCCCC)OC(CO)C(O)C1O. The predicted molar refractivity (Wildman–Crippen MR) is 338 cm³/mol. The van der Waals surface area contributed by atoms with Crippen LogP contribution in [0.25, 0.3) is 0 Å². The first-order chi connectivity index (χ1) is 39.7. The van der Waals surface area contributed by atoms with Crippen molar-refractivity contribution in [2.24, 2.45) is 0 Å². The Morgan fingerprint density at radius 1 is 0.506 bits per heavy atom. The van der Waals surface area contributed by atoms with Gasteiger partial charge in [0.05, 0.1) is 25.4 Å². The van der Waals surface area contributed by atoms with Gasteiger partial charge in [0.1, 0.15) is 24.4 Å². The van der Waals surface area contributed by atoms with Crippen molar-refractivity contribution in [1.82, 2.24) is 5.32 Å². The van der Waals surface area contributed by atoms with E-state index in [1.807, 2.05) is 18.2 Å². The molecule has 1 amide bonds. The van der Waals surface area contributed by atoms with E-state index < -0.39 is 67.4 Å². The second-order valence-corrected chi connectivity index (χ2v) is 22.1. The van der Waals surface area contributed by atoms with E-state index in [1.54, 1.807) is 6.08 Å². The second kappa shape index (κ2) is 56.8. The van der Waals surface area contributed by atoms with Crippen LogP contribution in [-0.4, -0.2) is 99.6 Å². The number of nitrogens with one attached hydrogen (secondary N) is 1. The normalized spacial score (nSPS) is 19.4. The first-order valence-electron chi connectivity index (χ1n) is 32.7. The molecule has 11 heteroatoms. The topological polar surface area (TPSA) is 175 Å². The monoisotopic (exact) mass is 1130 g/mol. The molecule has 0 aliphatic carbocycles. The van der Waals surface area contributed by atoms with E-state index in [0.29, 0.717) is 12.8 Å². The molecule has 1 aliphatic rings. The second-order valence-electron chi connectivity index (χ2n) is 22.1. The molecule has 1 saturated heterocycles. The summed E-state index contributed by atoms with van der Waals surface area (Å²) < 4.78 is 17.6. The Morgan fingerprint density at radius 2 is 0.951 bits per heavy atom. The Kier molecular flexibility index (Phi) is 52.8. The van der Waals surface area contributed by atoms with Gasteiger partial charge in [-0.15, -0.1) is 0 Å². The number of hydrogen-bond acceptors (Lipinski definition) is 10. The number of allylic oxidation sites excluding steroid dienone is 17. The van der Waals surface area contributed by atoms with Gasteiger partial charge in [-0.25, -0.2) is 0 Å². The third kappa shape index (κ3) is 44.5. The Morgan fingerprint density at radius 3 is 1.47 bits per heavy atom. The minimum Gasteiger partial charge on any atom is -0.454 e. The molecule has 1 aliphatic heterocycles. The molecule has 464 valence electrons. The highest BCUT2D eigenvalue weighted by molar-refractivity contribution is 5.80. The summed E-state index contributed by atoms with van der Waals surface area (Å²) in [7, 11) is 0. The van der Waals surface area contributed by atoms with Crippen LogP contribution in [0.5, 0.6) is 0 Å². The minimum atomic E-state index is -1.63. The van der Waals surface area contributed by atoms with Crippen LogP contribution in [0.15, 0.2) is 109 Å². The summed E-state index contributed by atoms with van der Waals surface area (Å²) in [6.07, 6.45) is 66.9. The summed E-state index contributed by atoms with van der Waals surface area (Å²) in [5.74, 6) is -1.22. The van der Waals surface area contributed by atoms with E-state index in [-0.39, 0.29) is 19.4 Å². The van der Waals surface area contributed by atoms with Crippen molar-refractivity contribution in [3.8, 4) is 0 Å². The number of carbonyl (C=O) groups excluding carboxylic acids is 2. The van der Waals surface area contributed by atoms with Crippen molar-refractivity contribution in [3.63, 3.8) is 0 Å². The highest BCUT2D eigenvalue weighted by Gasteiger charge is 2.47. The van der Waals surface area contributed by atoms with Crippen LogP contribution in [0.4, 0.5) is 0 Å². The summed E-state index contributed by atoms with van der Waals surface area (Å²) in [6, 6.07) is -1.04. The average Bonchev–Trinajstić information content (AvgIpc) is 3.47. The van der Waals surface area contributed by atoms with Gasteiger partial charge in [0, 0.05) is 6.42 Å². The number of esters is 1. The number of hydrogen-bond donors (Lipinski definition) is 6. The summed E-state index contributed by atoms with van der Waals surface area (Å²) in [4.78, 5) is 26.6. The van der Waals surface area contributed by atoms with Crippen LogP contribution >= 0.6 is 0 Å². The summed E-state index contributed by atoms with van der Waals surface area (Å²) in [5, 5.41) is 57.1. The standard InChI is InChI=1S/C70H119NO10/c1-4-7-10-13-16-19-22-25-27-28-29-30-31-32-33-34-35-36-37-40-43-46-49-52-55-58-65(75)81-68-67(77)66(76)64(59-72)80-70(68)79-60-61(62(73)56-53-50-47-44-41-38-24-21-18-15-12-9-6-3)71-69(78)63(74)57-54-51-48-45-42-39-26-23-20-17-14-11-8-5-2/h7-8,10-11,14,16-17,19-20,23,25,27,29-30,32-33,53,56,61-64,66-68,70,72-74,76-77H,4-6,9,12-13,15,18,21-22,24,26,28,31,34-52,54-55,57-60H2,1-3H3,(H,71,78)/b10-7-,11-8+,17-14+,19-16-,23-20+,27-25-,30-29-,33-32-,56-53+. The molecule has 1 rings (SSSR count). The van der Waals surface area contributed by atoms with Crippen LogP contribution in [0.3, 0.4) is 0 Å². The molecule has 0 aromatic heterocycles. The molecule has 8 unspecified atom stereocenters. The maximum absolute atomic E-state index is 13.4. The number of rotatable bonds is 54. The van der Waals surface area contributed by atoms with Gasteiger partial charge in [-0.05, 0) is 89.9 Å². The number of amides is 1. The molecule has 11 nitrogen and oxygen atoms in total. The van der Waals surface area contributed by atoms with Gasteiger partial charge in [0.25, 0.3) is 0 Å². The van der Waals surface area contributed by atoms with Gasteiger partial charge in [-0.3, -0.25) is 9.59 Å². The maximum atomic E-state index is 13.4. The predicted octanol–water partition coefficient (Wildman–Crippen LogP) is 16.1. The molecule has 1 heterocycles. The number of aliphatic hydroxyl groups excluding tert-OH is 5. The first kappa shape index (κ1) is 75.3. The number of carbonyl (C=O) groups is 2. The van der Waals surface area contributed by atoms with Crippen molar-refractivity contribution in [2.75, 3.05) is 13.2 Å². The van der Waals surface area contributed by atoms with Gasteiger partial charge < -0.3 is 45.1 Å². The van der Waals surface area contributed by atoms with Gasteiger partial charge in [-0.1, -0.05) is 271 Å². The maximum Gasteiger partial charge on any atom is 0.306 e. The quantitative estimate of drug-likeness (QED) is 0.0149. The third-order valence-electron chi connectivity index (χ3n) is 14.7. The van der Waals surface area contributed by atoms with E-state index in [1.165, 1.54) is 83.5 Å². The first-order valence-corrected chi connectivity index (χ1v) is 32.7. The van der Waals surface area contributed by atoms with Gasteiger partial charge in [0.15, 0.2) is 12.4 Å². The summed E-state index contributed by atoms with van der Waals surface area (Å²) >= 11 is 0. The Hall–Kier alpha value is -3.68. The smallest absolute Gasteiger partial charge is 0.306 e. The largest absolute Gasteiger partial charge is 0.454 e. The van der Waals surface area contributed by atoms with Crippen LogP contribution < -0.4 is 5.32 Å². The lowest BCUT2D eigenvalue weighted by Gasteiger charge is -2.41. The molecular weight excluding hydrogens is 1010 g/mol. The molecule has 0 bridgehead atoms. The van der Waals surface area contributed by atoms with Crippen molar-refractivity contribution < 1.29 is 49.3 Å². The van der Waals surface area contributed by atoms with Gasteiger partial charge in [-0.2, -0.15) is 0 Å². The van der Waals surface area contributed by atoms with Crippen molar-refractivity contribution in [3.05, 3.63) is 109 Å². The number of aliphatic hydroxyl groups is 5. The highest BCUT2D eigenvalue weighted by atomic mass is 16.7. The molecule has 0 spiro atoms. The number of unbranched alkanes of at least 4 members (excludes halogenated alkanes) is 26. The molecule has 8 atom stereocenters. The van der Waals surface area contributed by atoms with E-state index >= 15 is 0 Å². The van der Waals surface area contributed by atoms with E-state index in [2.05, 4.69) is 111 Å². The van der Waals surface area contributed by atoms with Crippen LogP contribution in [0.1, 0.15) is 258 Å². The highest BCUT2D eigenvalue weighted by Crippen LogP contribution is 2.26. The minimum absolute atomic E-state index is 0.109. The molecular formula is C70H119NO10. The molecule has 6 N–H and O–H groups in total. The van der Waals surface area contributed by atoms with Crippen LogP contribution in [0, 0.1) is 0 Å². The lowest BCUT2D eigenvalue weighted by molar-refractivity contribution is -0.305. The van der Waals surface area contributed by atoms with E-state index in [4.69, 9.17) is 14.2 Å². The van der Waals surface area contributed by atoms with Crippen molar-refractivity contribution >= 4 is 11.9 Å². The average molecular weight is 1130 g/mol. The molecule has 0 aromatic carbocycles. The van der Waals surface area contributed by atoms with Crippen molar-refractivity contribution in [1.29, 1.82) is 0 Å². The Bertz CT molecular complexity index is 1730. The zero-order valence-corrected chi connectivity index (χ0v) is 51.4. The van der Waals surface area contributed by atoms with Crippen molar-refractivity contribution in [2.45, 2.75) is 307 Å². The summed E-state index contributed by atoms with van der Waals surface area (Å²) in [5.41, 5.74) is 0. The summed E-state index contributed by atoms with van der Waals surface area (Å²) in [6.45, 7) is 5.54. The van der Waals surface area contributed by atoms with Crippen LogP contribution in [0.2, 0.25) is 0 Å². The number of ether oxygens (including phenoxy) is 3. The van der Waals surface area contributed by atoms with E-state index in [9.17, 15) is 35.1 Å². The lowest BCUT2D eigenvalue weighted by atomic mass is 9.99. The van der Waals surface area contributed by atoms with Gasteiger partial charge >= 0.3 is 5.97 Å².